The quantitative estimate of drug-likeness (QED) is 0.0454. The van der Waals surface area contributed by atoms with E-state index >= 15 is 0 Å². The first-order valence-corrected chi connectivity index (χ1v) is 26.4. The number of amidine groups is 2. The smallest absolute Gasteiger partial charge is 0.364 e. The van der Waals surface area contributed by atoms with Gasteiger partial charge in [0.05, 0.1) is 35.4 Å². The fourth-order valence-corrected chi connectivity index (χ4v) is 8.51. The molecule has 8 nitrogen and oxygen atoms in total. The van der Waals surface area contributed by atoms with Crippen molar-refractivity contribution in [3.63, 3.8) is 0 Å². The number of nitroso groups, excluding NO2 is 1. The molecule has 3 aromatic rings. The first-order valence-electron chi connectivity index (χ1n) is 26.4. The average Bonchev–Trinajstić information content (AvgIpc) is 3.59. The summed E-state index contributed by atoms with van der Waals surface area (Å²) in [6.07, 6.45) is 25.0. The van der Waals surface area contributed by atoms with Crippen LogP contribution in [0.3, 0.4) is 0 Å². The third-order valence-corrected chi connectivity index (χ3v) is 14.7. The molecule has 0 N–H and O–H groups in total. The van der Waals surface area contributed by atoms with E-state index in [0.717, 1.165) is 68.9 Å². The van der Waals surface area contributed by atoms with E-state index < -0.39 is 22.2 Å². The SMILES string of the molecule is CCCCCCCCCCCCOc1cc(C#Cc2ccc(C3=NC(C)(C)C(C)(C)[N+]3=O)cc2)c(OCCCCCCCCCCCC)cc1C#Cc1ccc(C2=NC(C)(C)C(C)(C)N2[O-])cc1. The maximum absolute atomic E-state index is 13.3. The van der Waals surface area contributed by atoms with Crippen molar-refractivity contribution >= 4 is 11.7 Å². The molecule has 0 aromatic heterocycles. The van der Waals surface area contributed by atoms with Crippen LogP contribution in [0.5, 0.6) is 11.5 Å². The van der Waals surface area contributed by atoms with Crippen molar-refractivity contribution < 1.29 is 14.2 Å². The maximum atomic E-state index is 13.3. The van der Waals surface area contributed by atoms with Crippen LogP contribution in [0, 0.1) is 33.8 Å². The predicted octanol–water partition coefficient (Wildman–Crippen LogP) is 15.3. The molecule has 5 rings (SSSR count). The number of unbranched alkanes of at least 4 members (excludes halogenated alkanes) is 18. The zero-order valence-electron chi connectivity index (χ0n) is 43.8. The Morgan fingerprint density at radius 2 is 0.897 bits per heavy atom. The zero-order chi connectivity index (χ0) is 49.2. The number of rotatable bonds is 26. The highest BCUT2D eigenvalue weighted by Crippen LogP contribution is 2.39. The standard InChI is InChI=1S/C60H84N4O4/c1-11-13-15-17-19-21-23-25-27-29-43-67-53-45-52(42-36-48-33-39-50(40-34-48)56-62-58(5,6)60(9,10)64(56)66)54(68-44-30-28-26-24-22-20-18-16-14-12-2)46-51(53)41-35-47-31-37-49(38-32-47)55-61-57(3,4)59(7,8)63(55)65/h31-34,37-40,45-46H,11-30,43-44H2,1-10H3. The van der Waals surface area contributed by atoms with E-state index in [0.29, 0.717) is 36.4 Å². The summed E-state index contributed by atoms with van der Waals surface area (Å²) >= 11 is 0. The summed E-state index contributed by atoms with van der Waals surface area (Å²) in [5.74, 6) is 15.9. The van der Waals surface area contributed by atoms with Crippen LogP contribution in [-0.2, 0) is 0 Å². The van der Waals surface area contributed by atoms with Crippen LogP contribution in [0.4, 0.5) is 0 Å². The Hall–Kier alpha value is -4.92. The summed E-state index contributed by atoms with van der Waals surface area (Å²) in [6, 6.07) is 19.5. The lowest BCUT2D eigenvalue weighted by Gasteiger charge is -2.45. The van der Waals surface area contributed by atoms with Crippen molar-refractivity contribution in [3.8, 4) is 35.2 Å². The summed E-state index contributed by atoms with van der Waals surface area (Å²) in [4.78, 5) is 22.9. The second-order valence-corrected chi connectivity index (χ2v) is 21.3. The van der Waals surface area contributed by atoms with Gasteiger partial charge in [0.15, 0.2) is 11.1 Å². The summed E-state index contributed by atoms with van der Waals surface area (Å²) in [7, 11) is 0. The summed E-state index contributed by atoms with van der Waals surface area (Å²) < 4.78 is 14.2. The summed E-state index contributed by atoms with van der Waals surface area (Å²) in [6.45, 7) is 21.5. The molecule has 0 spiro atoms. The number of hydrogen-bond donors (Lipinski definition) is 0. The number of benzene rings is 3. The summed E-state index contributed by atoms with van der Waals surface area (Å²) in [5, 5.41) is 14.3. The van der Waals surface area contributed by atoms with E-state index in [1.54, 1.807) is 0 Å². The van der Waals surface area contributed by atoms with Crippen LogP contribution in [0.25, 0.3) is 0 Å². The van der Waals surface area contributed by atoms with Crippen LogP contribution in [0.1, 0.15) is 231 Å². The van der Waals surface area contributed by atoms with Gasteiger partial charge in [0, 0.05) is 34.4 Å². The van der Waals surface area contributed by atoms with E-state index in [2.05, 4.69) is 37.5 Å². The van der Waals surface area contributed by atoms with Gasteiger partial charge in [-0.1, -0.05) is 175 Å². The fraction of sp³-hybridized carbons (Fsp3) is 0.600. The Balaban J connectivity index is 1.38. The minimum absolute atomic E-state index is 0.449. The third kappa shape index (κ3) is 14.6. The minimum Gasteiger partial charge on any atom is -0.757 e. The molecule has 8 heteroatoms. The van der Waals surface area contributed by atoms with Crippen LogP contribution < -0.4 is 9.47 Å². The normalized spacial score (nSPS) is 16.4. The van der Waals surface area contributed by atoms with Gasteiger partial charge in [-0.2, -0.15) is 0 Å². The van der Waals surface area contributed by atoms with Gasteiger partial charge in [-0.3, -0.25) is 4.99 Å². The highest BCUT2D eigenvalue weighted by Gasteiger charge is 2.59. The van der Waals surface area contributed by atoms with Gasteiger partial charge in [-0.15, -0.1) is 0 Å². The third-order valence-electron chi connectivity index (χ3n) is 14.7. The minimum atomic E-state index is -0.652. The van der Waals surface area contributed by atoms with Crippen LogP contribution in [-0.4, -0.2) is 56.9 Å². The first kappa shape index (κ1) is 54.0. The van der Waals surface area contributed by atoms with Gasteiger partial charge in [-0.25, -0.2) is 0 Å². The number of hydroxylamine groups is 2. The molecule has 2 aliphatic heterocycles. The van der Waals surface area contributed by atoms with Crippen LogP contribution in [0.2, 0.25) is 0 Å². The lowest BCUT2D eigenvalue weighted by atomic mass is 9.84. The molecule has 2 aliphatic rings. The molecule has 0 unspecified atom stereocenters. The molecule has 0 amide bonds. The molecule has 0 saturated carbocycles. The molecule has 68 heavy (non-hydrogen) atoms. The van der Waals surface area contributed by atoms with E-state index in [1.165, 1.54) is 103 Å². The van der Waals surface area contributed by atoms with Crippen molar-refractivity contribution in [1.82, 2.24) is 5.06 Å². The average molecular weight is 925 g/mol. The van der Waals surface area contributed by atoms with E-state index in [4.69, 9.17) is 19.5 Å². The molecule has 0 aliphatic carbocycles. The molecule has 0 saturated heterocycles. The second-order valence-electron chi connectivity index (χ2n) is 21.3. The van der Waals surface area contributed by atoms with Gasteiger partial charge in [-0.05, 0) is 109 Å². The Morgan fingerprint density at radius 1 is 0.515 bits per heavy atom. The van der Waals surface area contributed by atoms with E-state index in [1.807, 2.05) is 116 Å². The monoisotopic (exact) mass is 925 g/mol. The van der Waals surface area contributed by atoms with Crippen molar-refractivity contribution in [2.75, 3.05) is 13.2 Å². The van der Waals surface area contributed by atoms with Crippen molar-refractivity contribution in [1.29, 1.82) is 0 Å². The van der Waals surface area contributed by atoms with Crippen molar-refractivity contribution in [3.05, 3.63) is 104 Å². The molecule has 2 heterocycles. The lowest BCUT2D eigenvalue weighted by Crippen LogP contribution is -2.50. The lowest BCUT2D eigenvalue weighted by molar-refractivity contribution is -0.514. The van der Waals surface area contributed by atoms with E-state index in [9.17, 15) is 10.1 Å². The molecule has 0 atom stereocenters. The fourth-order valence-electron chi connectivity index (χ4n) is 8.51. The Morgan fingerprint density at radius 3 is 1.25 bits per heavy atom. The number of nitrogens with zero attached hydrogens (tertiary/aromatic N) is 4. The molecular weight excluding hydrogens is 841 g/mol. The first-order chi connectivity index (χ1) is 32.5. The predicted molar refractivity (Wildman–Crippen MR) is 284 cm³/mol. The molecule has 0 bridgehead atoms. The van der Waals surface area contributed by atoms with Crippen LogP contribution in [0.15, 0.2) is 70.6 Å². The molecule has 0 fully saturated rings. The van der Waals surface area contributed by atoms with Crippen molar-refractivity contribution in [2.24, 2.45) is 9.98 Å². The highest BCUT2D eigenvalue weighted by atomic mass is 16.5. The Kier molecular flexibility index (Phi) is 20.4. The highest BCUT2D eigenvalue weighted by molar-refractivity contribution is 6.01. The number of hydrogen-bond acceptors (Lipinski definition) is 7. The van der Waals surface area contributed by atoms with Gasteiger partial charge < -0.3 is 19.7 Å². The topological polar surface area (TPSA) is 89.6 Å². The van der Waals surface area contributed by atoms with Gasteiger partial charge in [0.1, 0.15) is 17.3 Å². The molecular formula is C60H84N4O4. The van der Waals surface area contributed by atoms with E-state index in [-0.39, 0.29) is 0 Å². The van der Waals surface area contributed by atoms with Gasteiger partial charge in [0.25, 0.3) is 0 Å². The summed E-state index contributed by atoms with van der Waals surface area (Å²) in [5.41, 5.74) is 2.35. The number of ether oxygens (including phenoxy) is 2. The van der Waals surface area contributed by atoms with Crippen molar-refractivity contribution in [2.45, 2.75) is 220 Å². The van der Waals surface area contributed by atoms with Crippen LogP contribution >= 0.6 is 0 Å². The largest absolute Gasteiger partial charge is 0.757 e. The maximum Gasteiger partial charge on any atom is 0.364 e. The van der Waals surface area contributed by atoms with Gasteiger partial charge >= 0.3 is 5.84 Å². The second kappa shape index (κ2) is 25.6. The van der Waals surface area contributed by atoms with Gasteiger partial charge in [0.2, 0.25) is 0 Å². The molecule has 0 radical (unpaired) electrons. The Bertz CT molecular complexity index is 2280. The molecule has 3 aromatic carbocycles. The zero-order valence-corrected chi connectivity index (χ0v) is 43.8. The molecule has 368 valence electrons. The Labute approximate surface area is 411 Å². The number of aliphatic imine (C=N–C) groups is 2.